The molecular weight excluding hydrogens is 246 g/mol. The maximum atomic E-state index is 12.2. The van der Waals surface area contributed by atoms with Gasteiger partial charge in [0.15, 0.2) is 0 Å². The van der Waals surface area contributed by atoms with E-state index in [0.717, 1.165) is 0 Å². The van der Waals surface area contributed by atoms with Crippen LogP contribution in [-0.4, -0.2) is 12.8 Å². The van der Waals surface area contributed by atoms with Crippen molar-refractivity contribution in [1.29, 1.82) is 0 Å². The lowest BCUT2D eigenvalue weighted by Gasteiger charge is -2.36. The summed E-state index contributed by atoms with van der Waals surface area (Å²) >= 11 is 0. The monoisotopic (exact) mass is 266 g/mol. The minimum atomic E-state index is 0.266. The van der Waals surface area contributed by atoms with E-state index in [-0.39, 0.29) is 12.1 Å². The Morgan fingerprint density at radius 2 is 1.20 bits per heavy atom. The van der Waals surface area contributed by atoms with Crippen LogP contribution in [0.15, 0.2) is 60.7 Å². The van der Waals surface area contributed by atoms with Crippen molar-refractivity contribution < 1.29 is 9.69 Å². The average Bonchev–Trinajstić information content (AvgIpc) is 2.51. The molecule has 0 saturated carbocycles. The van der Waals surface area contributed by atoms with Gasteiger partial charge in [0.2, 0.25) is 0 Å². The molecule has 1 aliphatic rings. The molecule has 1 saturated heterocycles. The molecule has 2 aromatic rings. The van der Waals surface area contributed by atoms with Crippen molar-refractivity contribution in [1.82, 2.24) is 0 Å². The highest BCUT2D eigenvalue weighted by Crippen LogP contribution is 2.25. The smallest absolute Gasteiger partial charge is 0.145 e. The molecule has 0 aliphatic carbocycles. The van der Waals surface area contributed by atoms with Crippen LogP contribution in [0.25, 0.3) is 0 Å². The van der Waals surface area contributed by atoms with Crippen molar-refractivity contribution in [2.24, 2.45) is 0 Å². The summed E-state index contributed by atoms with van der Waals surface area (Å²) in [5, 5.41) is 0. The summed E-state index contributed by atoms with van der Waals surface area (Å²) in [6.45, 7) is 0. The number of carbonyl (C=O) groups excluding carboxylic acids is 1. The van der Waals surface area contributed by atoms with Crippen LogP contribution in [0.3, 0.4) is 0 Å². The predicted molar refractivity (Wildman–Crippen MR) is 79.5 cm³/mol. The Morgan fingerprint density at radius 3 is 1.60 bits per heavy atom. The maximum absolute atomic E-state index is 12.2. The largest absolute Gasteiger partial charge is 0.324 e. The zero-order chi connectivity index (χ0) is 13.9. The highest BCUT2D eigenvalue weighted by molar-refractivity contribution is 5.80. The molecule has 2 aromatic carbocycles. The van der Waals surface area contributed by atoms with Gasteiger partial charge in [-0.25, -0.2) is 0 Å². The second kappa shape index (κ2) is 5.59. The van der Waals surface area contributed by atoms with E-state index < -0.39 is 0 Å². The van der Waals surface area contributed by atoms with Crippen LogP contribution in [0.2, 0.25) is 0 Å². The first-order chi connectivity index (χ1) is 9.75. The van der Waals surface area contributed by atoms with E-state index in [1.54, 1.807) is 0 Å². The lowest BCUT2D eigenvalue weighted by Crippen LogP contribution is -3.10. The van der Waals surface area contributed by atoms with Gasteiger partial charge in [0.25, 0.3) is 0 Å². The van der Waals surface area contributed by atoms with E-state index >= 15 is 0 Å². The Balaban J connectivity index is 1.92. The predicted octanol–water partition coefficient (Wildman–Crippen LogP) is 2.35. The topological polar surface area (TPSA) is 21.5 Å². The van der Waals surface area contributed by atoms with Crippen LogP contribution in [-0.2, 0) is 4.79 Å². The Bertz CT molecular complexity index is 527. The number of nitrogens with one attached hydrogen (secondary N) is 1. The molecule has 0 bridgehead atoms. The van der Waals surface area contributed by atoms with E-state index in [1.807, 2.05) is 12.1 Å². The van der Waals surface area contributed by atoms with Crippen LogP contribution in [0.5, 0.6) is 0 Å². The summed E-state index contributed by atoms with van der Waals surface area (Å²) in [6.07, 6.45) is 1.30. The van der Waals surface area contributed by atoms with Crippen molar-refractivity contribution in [3.8, 4) is 0 Å². The quantitative estimate of drug-likeness (QED) is 0.885. The van der Waals surface area contributed by atoms with Gasteiger partial charge in [-0.3, -0.25) is 4.79 Å². The summed E-state index contributed by atoms with van der Waals surface area (Å²) in [7, 11) is 2.21. The molecule has 2 nitrogen and oxygen atoms in total. The van der Waals surface area contributed by atoms with Gasteiger partial charge in [0, 0.05) is 11.1 Å². The van der Waals surface area contributed by atoms with Crippen molar-refractivity contribution in [2.75, 3.05) is 7.05 Å². The van der Waals surface area contributed by atoms with E-state index in [4.69, 9.17) is 0 Å². The zero-order valence-electron chi connectivity index (χ0n) is 11.8. The number of likely N-dealkylation sites (tertiary alicyclic amines) is 1. The Hall–Kier alpha value is -1.93. The molecule has 2 heteroatoms. The molecule has 0 spiro atoms. The van der Waals surface area contributed by atoms with Gasteiger partial charge in [-0.05, 0) is 0 Å². The van der Waals surface area contributed by atoms with Gasteiger partial charge in [0.1, 0.15) is 17.9 Å². The third-order valence-corrected chi connectivity index (χ3v) is 4.37. The normalized spacial score (nSPS) is 23.8. The summed E-state index contributed by atoms with van der Waals surface area (Å²) in [6, 6.07) is 21.3. The highest BCUT2D eigenvalue weighted by Gasteiger charge is 2.37. The third kappa shape index (κ3) is 2.52. The molecular formula is C18H20NO+. The fourth-order valence-electron chi connectivity index (χ4n) is 3.24. The zero-order valence-corrected chi connectivity index (χ0v) is 11.8. The lowest BCUT2D eigenvalue weighted by atomic mass is 9.87. The summed E-state index contributed by atoms with van der Waals surface area (Å²) in [4.78, 5) is 13.6. The van der Waals surface area contributed by atoms with Gasteiger partial charge in [0.05, 0.1) is 19.9 Å². The maximum Gasteiger partial charge on any atom is 0.145 e. The van der Waals surface area contributed by atoms with Gasteiger partial charge >= 0.3 is 0 Å². The fraction of sp³-hybridized carbons (Fsp3) is 0.278. The van der Waals surface area contributed by atoms with Crippen molar-refractivity contribution in [3.63, 3.8) is 0 Å². The Morgan fingerprint density at radius 1 is 0.800 bits per heavy atom. The van der Waals surface area contributed by atoms with E-state index in [1.165, 1.54) is 16.0 Å². The van der Waals surface area contributed by atoms with Gasteiger partial charge < -0.3 is 4.90 Å². The van der Waals surface area contributed by atoms with E-state index in [9.17, 15) is 4.79 Å². The lowest BCUT2D eigenvalue weighted by molar-refractivity contribution is -0.945. The fourth-order valence-corrected chi connectivity index (χ4v) is 3.24. The molecule has 0 unspecified atom stereocenters. The van der Waals surface area contributed by atoms with Crippen LogP contribution in [0.1, 0.15) is 36.1 Å². The number of carbonyl (C=O) groups is 1. The van der Waals surface area contributed by atoms with Crippen LogP contribution >= 0.6 is 0 Å². The number of ketones is 1. The molecule has 20 heavy (non-hydrogen) atoms. The first-order valence-corrected chi connectivity index (χ1v) is 7.20. The number of quaternary nitrogens is 1. The summed E-state index contributed by atoms with van der Waals surface area (Å²) in [5.41, 5.74) is 2.53. The summed E-state index contributed by atoms with van der Waals surface area (Å²) < 4.78 is 0. The molecule has 1 fully saturated rings. The van der Waals surface area contributed by atoms with Crippen LogP contribution in [0, 0.1) is 0 Å². The third-order valence-electron chi connectivity index (χ3n) is 4.37. The second-order valence-electron chi connectivity index (χ2n) is 5.62. The first kappa shape index (κ1) is 13.1. The standard InChI is InChI=1S/C18H19NO/c1-19-17(14-8-4-2-5-9-14)12-16(20)13-18(19)15-10-6-3-7-11-15/h2-11,17-18H,12-13H2,1H3/p+1/t17-,18-/m0/s1. The number of hydrogen-bond acceptors (Lipinski definition) is 1. The van der Waals surface area contributed by atoms with Crippen molar-refractivity contribution in [2.45, 2.75) is 24.9 Å². The molecule has 0 aromatic heterocycles. The van der Waals surface area contributed by atoms with Gasteiger partial charge in [-0.15, -0.1) is 0 Å². The van der Waals surface area contributed by atoms with Crippen LogP contribution in [0.4, 0.5) is 0 Å². The van der Waals surface area contributed by atoms with E-state index in [0.29, 0.717) is 18.6 Å². The average molecular weight is 266 g/mol. The first-order valence-electron chi connectivity index (χ1n) is 7.20. The number of piperidine rings is 1. The number of benzene rings is 2. The number of hydrogen-bond donors (Lipinski definition) is 1. The van der Waals surface area contributed by atoms with Crippen molar-refractivity contribution >= 4 is 5.78 Å². The van der Waals surface area contributed by atoms with Crippen molar-refractivity contribution in [3.05, 3.63) is 71.8 Å². The minimum Gasteiger partial charge on any atom is -0.324 e. The molecule has 0 amide bonds. The summed E-state index contributed by atoms with van der Waals surface area (Å²) in [5.74, 6) is 0.373. The number of Topliss-reactive ketones (excluding diaryl/α,β-unsaturated/α-hetero) is 1. The Labute approximate surface area is 120 Å². The minimum absolute atomic E-state index is 0.266. The molecule has 102 valence electrons. The Kier molecular flexibility index (Phi) is 3.66. The van der Waals surface area contributed by atoms with Gasteiger partial charge in [-0.2, -0.15) is 0 Å². The molecule has 1 heterocycles. The number of rotatable bonds is 2. The highest BCUT2D eigenvalue weighted by atomic mass is 16.1. The molecule has 1 aliphatic heterocycles. The molecule has 3 rings (SSSR count). The second-order valence-corrected chi connectivity index (χ2v) is 5.62. The van der Waals surface area contributed by atoms with Gasteiger partial charge in [-0.1, -0.05) is 60.7 Å². The molecule has 1 N–H and O–H groups in total. The van der Waals surface area contributed by atoms with E-state index in [2.05, 4.69) is 55.6 Å². The molecule has 0 radical (unpaired) electrons. The van der Waals surface area contributed by atoms with Crippen LogP contribution < -0.4 is 4.90 Å². The molecule has 2 atom stereocenters. The SMILES string of the molecule is C[NH+]1[C@H](c2ccccc2)CC(=O)C[C@H]1c1ccccc1.